The van der Waals surface area contributed by atoms with Crippen molar-refractivity contribution in [3.63, 3.8) is 0 Å². The van der Waals surface area contributed by atoms with Crippen molar-refractivity contribution >= 4 is 33.6 Å². The highest BCUT2D eigenvalue weighted by Crippen LogP contribution is 2.22. The van der Waals surface area contributed by atoms with Crippen LogP contribution in [-0.2, 0) is 16.8 Å². The van der Waals surface area contributed by atoms with Gasteiger partial charge >= 0.3 is 0 Å². The number of nitro groups is 1. The van der Waals surface area contributed by atoms with Gasteiger partial charge in [-0.05, 0) is 23.2 Å². The van der Waals surface area contributed by atoms with Crippen molar-refractivity contribution in [2.24, 2.45) is 0 Å². The second kappa shape index (κ2) is 5.15. The number of carbonyl (C=O) groups is 1. The van der Waals surface area contributed by atoms with Crippen LogP contribution in [0.3, 0.4) is 0 Å². The van der Waals surface area contributed by atoms with E-state index < -0.39 is 26.9 Å². The van der Waals surface area contributed by atoms with E-state index in [4.69, 9.17) is 11.6 Å². The molecule has 0 saturated heterocycles. The van der Waals surface area contributed by atoms with Crippen LogP contribution in [-0.4, -0.2) is 18.9 Å². The van der Waals surface area contributed by atoms with Gasteiger partial charge in [-0.25, -0.2) is 0 Å². The minimum atomic E-state index is -2.35. The zero-order valence-electron chi connectivity index (χ0n) is 7.71. The molecule has 0 bridgehead atoms. The van der Waals surface area contributed by atoms with E-state index in [9.17, 15) is 23.7 Å². The molecule has 86 valence electrons. The average Bonchev–Trinajstić information content (AvgIpc) is 2.16. The number of rotatable bonds is 4. The molecule has 0 spiro atoms. The lowest BCUT2D eigenvalue weighted by Crippen LogP contribution is -2.01. The summed E-state index contributed by atoms with van der Waals surface area (Å²) in [6, 6.07) is 3.46. The topological polar surface area (TPSA) is 100 Å². The molecule has 16 heavy (non-hydrogen) atoms. The summed E-state index contributed by atoms with van der Waals surface area (Å²) in [5.41, 5.74) is -0.531. The molecule has 0 heterocycles. The maximum atomic E-state index is 10.8. The minimum absolute atomic E-state index is 0.224. The highest BCUT2D eigenvalue weighted by molar-refractivity contribution is 7.78. The normalized spacial score (nSPS) is 12.1. The zero-order valence-corrected chi connectivity index (χ0v) is 9.29. The molecule has 1 aromatic carbocycles. The Morgan fingerprint density at radius 3 is 2.56 bits per heavy atom. The van der Waals surface area contributed by atoms with E-state index in [1.807, 2.05) is 0 Å². The van der Waals surface area contributed by atoms with Crippen LogP contribution < -0.4 is 0 Å². The summed E-state index contributed by atoms with van der Waals surface area (Å²) in [4.78, 5) is 20.7. The molecule has 0 saturated carbocycles. The highest BCUT2D eigenvalue weighted by Gasteiger charge is 2.18. The fourth-order valence-corrected chi connectivity index (χ4v) is 1.73. The predicted octanol–water partition coefficient (Wildman–Crippen LogP) is 1.35. The van der Waals surface area contributed by atoms with E-state index in [0.717, 1.165) is 12.1 Å². The molecule has 0 amide bonds. The molecule has 1 unspecified atom stereocenters. The highest BCUT2D eigenvalue weighted by atomic mass is 35.5. The number of nitro benzene ring substituents is 1. The summed E-state index contributed by atoms with van der Waals surface area (Å²) >= 11 is 2.80. The molecule has 8 heteroatoms. The van der Waals surface area contributed by atoms with Crippen molar-refractivity contribution in [3.05, 3.63) is 39.4 Å². The molecular formula is C8H5ClNO5S-. The first-order valence-electron chi connectivity index (χ1n) is 3.95. The van der Waals surface area contributed by atoms with Crippen LogP contribution >= 0.6 is 11.6 Å². The van der Waals surface area contributed by atoms with Gasteiger partial charge < -0.3 is 4.55 Å². The fraction of sp³-hybridized carbons (Fsp3) is 0.125. The third-order valence-corrected chi connectivity index (χ3v) is 2.53. The lowest BCUT2D eigenvalue weighted by atomic mass is 10.1. The quantitative estimate of drug-likeness (QED) is 0.353. The molecule has 1 aromatic rings. The Labute approximate surface area is 97.7 Å². The van der Waals surface area contributed by atoms with E-state index in [2.05, 4.69) is 0 Å². The maximum Gasteiger partial charge on any atom is 0.281 e. The van der Waals surface area contributed by atoms with Gasteiger partial charge in [0, 0.05) is 11.8 Å². The van der Waals surface area contributed by atoms with Gasteiger partial charge in [0.05, 0.1) is 4.92 Å². The molecule has 0 aromatic heterocycles. The van der Waals surface area contributed by atoms with E-state index in [0.29, 0.717) is 0 Å². The van der Waals surface area contributed by atoms with Crippen molar-refractivity contribution < 1.29 is 18.5 Å². The summed E-state index contributed by atoms with van der Waals surface area (Å²) < 4.78 is 20.8. The predicted molar refractivity (Wildman–Crippen MR) is 55.9 cm³/mol. The summed E-state index contributed by atoms with van der Waals surface area (Å²) in [6.45, 7) is 0. The first-order chi connectivity index (χ1) is 7.41. The minimum Gasteiger partial charge on any atom is -0.772 e. The lowest BCUT2D eigenvalue weighted by molar-refractivity contribution is -0.385. The Balaban J connectivity index is 3.22. The van der Waals surface area contributed by atoms with Gasteiger partial charge in [-0.15, -0.1) is 0 Å². The summed E-state index contributed by atoms with van der Waals surface area (Å²) in [5, 5.41) is 9.65. The van der Waals surface area contributed by atoms with Crippen LogP contribution in [0.4, 0.5) is 5.69 Å². The van der Waals surface area contributed by atoms with E-state index in [1.165, 1.54) is 6.07 Å². The summed E-state index contributed by atoms with van der Waals surface area (Å²) in [5.74, 6) is -0.350. The molecule has 6 nitrogen and oxygen atoms in total. The smallest absolute Gasteiger partial charge is 0.281 e. The van der Waals surface area contributed by atoms with Crippen molar-refractivity contribution in [2.45, 2.75) is 5.75 Å². The Bertz CT molecular complexity index is 475. The Hall–Kier alpha value is -1.31. The fourth-order valence-electron chi connectivity index (χ4n) is 1.12. The summed E-state index contributed by atoms with van der Waals surface area (Å²) in [7, 11) is 0. The van der Waals surface area contributed by atoms with Crippen LogP contribution in [0.5, 0.6) is 0 Å². The Morgan fingerprint density at radius 2 is 2.12 bits per heavy atom. The van der Waals surface area contributed by atoms with Crippen molar-refractivity contribution in [3.8, 4) is 0 Å². The molecule has 0 N–H and O–H groups in total. The lowest BCUT2D eigenvalue weighted by Gasteiger charge is -2.05. The average molecular weight is 263 g/mol. The molecule has 1 atom stereocenters. The molecule has 0 radical (unpaired) electrons. The molecule has 0 aliphatic carbocycles. The van der Waals surface area contributed by atoms with E-state index >= 15 is 0 Å². The first-order valence-corrected chi connectivity index (χ1v) is 5.57. The summed E-state index contributed by atoms with van der Waals surface area (Å²) in [6.07, 6.45) is 0. The molecule has 0 aliphatic rings. The number of carbonyl (C=O) groups excluding carboxylic acids is 1. The molecule has 1 rings (SSSR count). The Kier molecular flexibility index (Phi) is 4.11. The maximum absolute atomic E-state index is 10.8. The van der Waals surface area contributed by atoms with Crippen molar-refractivity contribution in [1.29, 1.82) is 0 Å². The SMILES string of the molecule is O=C(Cl)c1ccc(CS(=O)[O-])cc1[N+](=O)[O-]. The van der Waals surface area contributed by atoms with Crippen LogP contribution in [0.1, 0.15) is 15.9 Å². The van der Waals surface area contributed by atoms with Gasteiger partial charge in [0.25, 0.3) is 10.9 Å². The second-order valence-electron chi connectivity index (χ2n) is 2.83. The number of hydrogen-bond acceptors (Lipinski definition) is 5. The van der Waals surface area contributed by atoms with Gasteiger partial charge in [-0.1, -0.05) is 17.1 Å². The van der Waals surface area contributed by atoms with Crippen molar-refractivity contribution in [2.75, 3.05) is 0 Å². The largest absolute Gasteiger partial charge is 0.772 e. The van der Waals surface area contributed by atoms with Gasteiger partial charge in [0.1, 0.15) is 5.56 Å². The van der Waals surface area contributed by atoms with Crippen LogP contribution in [0.25, 0.3) is 0 Å². The third-order valence-electron chi connectivity index (χ3n) is 1.76. The first kappa shape index (κ1) is 12.8. The number of benzene rings is 1. The zero-order chi connectivity index (χ0) is 12.3. The number of halogens is 1. The molecule has 0 fully saturated rings. The standard InChI is InChI=1S/C8H6ClNO5S/c9-8(11)6-2-1-5(4-16(14)15)3-7(6)10(12)13/h1-3H,4H2,(H,14,15)/p-1. The third kappa shape index (κ3) is 3.09. The Morgan fingerprint density at radius 1 is 1.50 bits per heavy atom. The number of nitrogens with zero attached hydrogens (tertiary/aromatic N) is 1. The van der Waals surface area contributed by atoms with Gasteiger partial charge in [-0.2, -0.15) is 0 Å². The van der Waals surface area contributed by atoms with Crippen LogP contribution in [0, 0.1) is 10.1 Å². The van der Waals surface area contributed by atoms with E-state index in [1.54, 1.807) is 0 Å². The van der Waals surface area contributed by atoms with Gasteiger partial charge in [0.15, 0.2) is 0 Å². The molecular weight excluding hydrogens is 258 g/mol. The van der Waals surface area contributed by atoms with E-state index in [-0.39, 0.29) is 16.9 Å². The van der Waals surface area contributed by atoms with Gasteiger partial charge in [-0.3, -0.25) is 19.1 Å². The van der Waals surface area contributed by atoms with Gasteiger partial charge in [0.2, 0.25) is 0 Å². The molecule has 0 aliphatic heterocycles. The van der Waals surface area contributed by atoms with Crippen LogP contribution in [0.15, 0.2) is 18.2 Å². The van der Waals surface area contributed by atoms with Crippen molar-refractivity contribution in [1.82, 2.24) is 0 Å². The monoisotopic (exact) mass is 262 g/mol. The van der Waals surface area contributed by atoms with Crippen LogP contribution in [0.2, 0.25) is 0 Å². The number of hydrogen-bond donors (Lipinski definition) is 0. The second-order valence-corrected chi connectivity index (χ2v) is 4.07.